The minimum Gasteiger partial charge on any atom is -0.444 e. The molecule has 1 aliphatic heterocycles. The van der Waals surface area contributed by atoms with Crippen molar-refractivity contribution in [1.82, 2.24) is 10.3 Å². The lowest BCUT2D eigenvalue weighted by Gasteiger charge is -2.23. The van der Waals surface area contributed by atoms with Crippen LogP contribution in [0.25, 0.3) is 0 Å². The summed E-state index contributed by atoms with van der Waals surface area (Å²) in [6.45, 7) is 7.99. The second-order valence-corrected chi connectivity index (χ2v) is 4.81. The highest BCUT2D eigenvalue weighted by molar-refractivity contribution is 5.71. The summed E-state index contributed by atoms with van der Waals surface area (Å²) < 4.78 is 5.15. The molecule has 5 heteroatoms. The highest BCUT2D eigenvalue weighted by atomic mass is 16.6. The third kappa shape index (κ3) is 3.94. The number of nitrogens with zero attached hydrogens (tertiary/aromatic N) is 1. The predicted molar refractivity (Wildman–Crippen MR) is 62.1 cm³/mol. The van der Waals surface area contributed by atoms with E-state index in [4.69, 9.17) is 10.6 Å². The molecule has 0 bridgehead atoms. The van der Waals surface area contributed by atoms with Crippen molar-refractivity contribution in [1.29, 1.82) is 0 Å². The molecule has 0 aromatic heterocycles. The van der Waals surface area contributed by atoms with E-state index >= 15 is 0 Å². The molecule has 0 radical (unpaired) electrons. The van der Waals surface area contributed by atoms with Crippen molar-refractivity contribution in [2.75, 3.05) is 6.54 Å². The zero-order valence-corrected chi connectivity index (χ0v) is 10.2. The fraction of sp³-hybridized carbons (Fsp3) is 0.545. The molecule has 1 aliphatic rings. The van der Waals surface area contributed by atoms with E-state index < -0.39 is 11.7 Å². The summed E-state index contributed by atoms with van der Waals surface area (Å²) in [6.07, 6.45) is 3.01. The van der Waals surface area contributed by atoms with Crippen molar-refractivity contribution >= 4 is 6.09 Å². The SMILES string of the molecule is CC1=C(NC(=O)OC(C)(C)C)C=CN(N)C1. The van der Waals surface area contributed by atoms with Gasteiger partial charge in [-0.1, -0.05) is 0 Å². The maximum absolute atomic E-state index is 11.5. The van der Waals surface area contributed by atoms with Crippen LogP contribution >= 0.6 is 0 Å². The van der Waals surface area contributed by atoms with Gasteiger partial charge < -0.3 is 9.75 Å². The quantitative estimate of drug-likeness (QED) is 0.663. The van der Waals surface area contributed by atoms with Crippen LogP contribution in [0.4, 0.5) is 4.79 Å². The first kappa shape index (κ1) is 12.6. The molecule has 0 saturated heterocycles. The Hall–Kier alpha value is -1.49. The molecule has 3 N–H and O–H groups in total. The van der Waals surface area contributed by atoms with Crippen LogP contribution in [0, 0.1) is 0 Å². The molecule has 0 fully saturated rings. The van der Waals surface area contributed by atoms with Gasteiger partial charge in [0.05, 0.1) is 6.54 Å². The van der Waals surface area contributed by atoms with E-state index in [1.54, 1.807) is 17.3 Å². The minimum absolute atomic E-state index is 0.447. The molecular weight excluding hydrogens is 206 g/mol. The molecule has 90 valence electrons. The molecular formula is C11H19N3O2. The van der Waals surface area contributed by atoms with Gasteiger partial charge in [-0.25, -0.2) is 10.6 Å². The third-order valence-corrected chi connectivity index (χ3v) is 1.95. The smallest absolute Gasteiger partial charge is 0.412 e. The third-order valence-electron chi connectivity index (χ3n) is 1.95. The maximum atomic E-state index is 11.5. The monoisotopic (exact) mass is 225 g/mol. The second kappa shape index (κ2) is 4.57. The van der Waals surface area contributed by atoms with Crippen molar-refractivity contribution in [2.24, 2.45) is 5.84 Å². The first-order valence-corrected chi connectivity index (χ1v) is 5.17. The van der Waals surface area contributed by atoms with Crippen LogP contribution in [0.15, 0.2) is 23.5 Å². The lowest BCUT2D eigenvalue weighted by molar-refractivity contribution is 0.0546. The van der Waals surface area contributed by atoms with E-state index in [9.17, 15) is 4.79 Å². The van der Waals surface area contributed by atoms with Crippen molar-refractivity contribution in [3.8, 4) is 0 Å². The summed E-state index contributed by atoms with van der Waals surface area (Å²) in [4.78, 5) is 11.5. The van der Waals surface area contributed by atoms with Crippen LogP contribution in [-0.2, 0) is 4.74 Å². The lowest BCUT2D eigenvalue weighted by atomic mass is 10.2. The van der Waals surface area contributed by atoms with E-state index in [0.717, 1.165) is 11.3 Å². The molecule has 1 amide bonds. The zero-order chi connectivity index (χ0) is 12.3. The fourth-order valence-corrected chi connectivity index (χ4v) is 1.29. The van der Waals surface area contributed by atoms with E-state index in [1.165, 1.54) is 0 Å². The number of hydrogen-bond acceptors (Lipinski definition) is 4. The van der Waals surface area contributed by atoms with E-state index in [1.807, 2.05) is 27.7 Å². The summed E-state index contributed by atoms with van der Waals surface area (Å²) in [6, 6.07) is 0. The van der Waals surface area contributed by atoms with Gasteiger partial charge in [-0.3, -0.25) is 5.32 Å². The van der Waals surface area contributed by atoms with Crippen LogP contribution in [0.1, 0.15) is 27.7 Å². The fourth-order valence-electron chi connectivity index (χ4n) is 1.29. The van der Waals surface area contributed by atoms with Gasteiger partial charge in [-0.15, -0.1) is 0 Å². The summed E-state index contributed by atoms with van der Waals surface area (Å²) in [5.41, 5.74) is 1.25. The largest absolute Gasteiger partial charge is 0.444 e. The molecule has 0 aromatic rings. The van der Waals surface area contributed by atoms with Crippen molar-refractivity contribution in [3.63, 3.8) is 0 Å². The van der Waals surface area contributed by atoms with Crippen molar-refractivity contribution in [2.45, 2.75) is 33.3 Å². The molecule has 16 heavy (non-hydrogen) atoms. The molecule has 0 aromatic carbocycles. The number of carbonyl (C=O) groups is 1. The maximum Gasteiger partial charge on any atom is 0.412 e. The topological polar surface area (TPSA) is 67.6 Å². The van der Waals surface area contributed by atoms with Crippen LogP contribution in [-0.4, -0.2) is 23.2 Å². The van der Waals surface area contributed by atoms with Gasteiger partial charge in [0, 0.05) is 11.9 Å². The molecule has 0 saturated carbocycles. The number of hydrazine groups is 1. The van der Waals surface area contributed by atoms with Crippen molar-refractivity contribution in [3.05, 3.63) is 23.5 Å². The molecule has 0 unspecified atom stereocenters. The molecule has 5 nitrogen and oxygen atoms in total. The Bertz CT molecular complexity index is 340. The lowest BCUT2D eigenvalue weighted by Crippen LogP contribution is -2.35. The number of nitrogens with one attached hydrogen (secondary N) is 1. The van der Waals surface area contributed by atoms with Crippen LogP contribution in [0.2, 0.25) is 0 Å². The first-order valence-electron chi connectivity index (χ1n) is 5.17. The highest BCUT2D eigenvalue weighted by Crippen LogP contribution is 2.12. The molecule has 0 atom stereocenters. The number of ether oxygens (including phenoxy) is 1. The van der Waals surface area contributed by atoms with Crippen LogP contribution in [0.5, 0.6) is 0 Å². The number of carbonyl (C=O) groups excluding carboxylic acids is 1. The summed E-state index contributed by atoms with van der Waals surface area (Å²) in [7, 11) is 0. The minimum atomic E-state index is -0.489. The Morgan fingerprint density at radius 2 is 2.19 bits per heavy atom. The molecule has 0 aliphatic carbocycles. The molecule has 1 rings (SSSR count). The second-order valence-electron chi connectivity index (χ2n) is 4.81. The standard InChI is InChI=1S/C11H19N3O2/c1-8-7-14(12)6-5-9(8)13-10(15)16-11(2,3)4/h5-6H,7,12H2,1-4H3,(H,13,15). The Morgan fingerprint density at radius 1 is 1.56 bits per heavy atom. The van der Waals surface area contributed by atoms with E-state index in [0.29, 0.717) is 6.54 Å². The van der Waals surface area contributed by atoms with Gasteiger partial charge in [0.25, 0.3) is 0 Å². The van der Waals surface area contributed by atoms with Gasteiger partial charge >= 0.3 is 6.09 Å². The van der Waals surface area contributed by atoms with Gasteiger partial charge in [-0.05, 0) is 39.3 Å². The van der Waals surface area contributed by atoms with E-state index in [-0.39, 0.29) is 0 Å². The number of allylic oxidation sites excluding steroid dienone is 1. The Labute approximate surface area is 95.9 Å². The normalized spacial score (nSPS) is 16.4. The van der Waals surface area contributed by atoms with Crippen molar-refractivity contribution < 1.29 is 9.53 Å². The van der Waals surface area contributed by atoms with Gasteiger partial charge in [0.1, 0.15) is 5.60 Å². The average Bonchev–Trinajstić information content (AvgIpc) is 2.06. The number of rotatable bonds is 1. The van der Waals surface area contributed by atoms with E-state index in [2.05, 4.69) is 5.32 Å². The van der Waals surface area contributed by atoms with Gasteiger partial charge in [-0.2, -0.15) is 0 Å². The predicted octanol–water partition coefficient (Wildman–Crippen LogP) is 1.49. The summed E-state index contributed by atoms with van der Waals surface area (Å²) >= 11 is 0. The average molecular weight is 225 g/mol. The zero-order valence-electron chi connectivity index (χ0n) is 10.2. The Morgan fingerprint density at radius 3 is 2.69 bits per heavy atom. The van der Waals surface area contributed by atoms with Gasteiger partial charge in [0.2, 0.25) is 0 Å². The Kier molecular flexibility index (Phi) is 3.59. The molecule has 1 heterocycles. The number of alkyl carbamates (subject to hydrolysis) is 1. The van der Waals surface area contributed by atoms with Crippen LogP contribution in [0.3, 0.4) is 0 Å². The van der Waals surface area contributed by atoms with Gasteiger partial charge in [0.15, 0.2) is 0 Å². The molecule has 0 spiro atoms. The number of nitrogens with two attached hydrogens (primary N) is 1. The first-order chi connectivity index (χ1) is 7.28. The number of amides is 1. The van der Waals surface area contributed by atoms with Crippen LogP contribution < -0.4 is 11.2 Å². The summed E-state index contributed by atoms with van der Waals surface area (Å²) in [5, 5.41) is 4.25. The number of hydrogen-bond donors (Lipinski definition) is 2. The highest BCUT2D eigenvalue weighted by Gasteiger charge is 2.18. The Balaban J connectivity index is 2.59. The summed E-state index contributed by atoms with van der Waals surface area (Å²) in [5.74, 6) is 5.59.